The van der Waals surface area contributed by atoms with E-state index in [4.69, 9.17) is 10.5 Å². The summed E-state index contributed by atoms with van der Waals surface area (Å²) < 4.78 is 45.8. The van der Waals surface area contributed by atoms with E-state index >= 15 is 0 Å². The number of alkyl halides is 3. The number of hydrogen-bond donors (Lipinski definition) is 2. The van der Waals surface area contributed by atoms with Gasteiger partial charge >= 0.3 is 6.18 Å². The molecular formula is C24H28F3N5O. The Morgan fingerprint density at radius 2 is 2.00 bits per heavy atom. The van der Waals surface area contributed by atoms with Crippen LogP contribution >= 0.6 is 0 Å². The smallest absolute Gasteiger partial charge is 0.416 e. The van der Waals surface area contributed by atoms with Crippen LogP contribution in [0, 0.1) is 6.92 Å². The van der Waals surface area contributed by atoms with Crippen LogP contribution in [0.4, 0.5) is 24.7 Å². The van der Waals surface area contributed by atoms with Gasteiger partial charge in [-0.25, -0.2) is 9.97 Å². The molecule has 1 aromatic heterocycles. The number of hydrogen-bond acceptors (Lipinski definition) is 6. The molecule has 0 amide bonds. The van der Waals surface area contributed by atoms with Gasteiger partial charge < -0.3 is 20.7 Å². The first kappa shape index (κ1) is 23.1. The van der Waals surface area contributed by atoms with E-state index in [1.807, 2.05) is 18.2 Å². The molecule has 1 unspecified atom stereocenters. The van der Waals surface area contributed by atoms with Crippen molar-refractivity contribution in [3.05, 3.63) is 53.3 Å². The molecule has 2 aromatic carbocycles. The molecule has 2 atom stereocenters. The van der Waals surface area contributed by atoms with Crippen LogP contribution in [0.3, 0.4) is 0 Å². The zero-order chi connectivity index (χ0) is 23.8. The molecule has 3 aromatic rings. The Morgan fingerprint density at radius 1 is 1.21 bits per heavy atom. The highest BCUT2D eigenvalue weighted by molar-refractivity contribution is 5.90. The van der Waals surface area contributed by atoms with Crippen LogP contribution in [0.1, 0.15) is 42.8 Å². The van der Waals surface area contributed by atoms with Crippen LogP contribution in [-0.2, 0) is 6.18 Å². The zero-order valence-corrected chi connectivity index (χ0v) is 18.9. The van der Waals surface area contributed by atoms with Crippen LogP contribution in [0.2, 0.25) is 0 Å². The summed E-state index contributed by atoms with van der Waals surface area (Å²) >= 11 is 0. The summed E-state index contributed by atoms with van der Waals surface area (Å²) in [4.78, 5) is 11.3. The van der Waals surface area contributed by atoms with Gasteiger partial charge in [0.25, 0.3) is 0 Å². The molecule has 9 heteroatoms. The predicted molar refractivity (Wildman–Crippen MR) is 123 cm³/mol. The number of halogens is 3. The molecule has 0 aliphatic carbocycles. The predicted octanol–water partition coefficient (Wildman–Crippen LogP) is 5.19. The normalized spacial score (nSPS) is 17.9. The number of aryl methyl sites for hydroxylation is 1. The molecule has 3 N–H and O–H groups in total. The maximum atomic E-state index is 13.2. The van der Waals surface area contributed by atoms with Gasteiger partial charge in [0.15, 0.2) is 0 Å². The van der Waals surface area contributed by atoms with E-state index in [1.54, 1.807) is 13.8 Å². The van der Waals surface area contributed by atoms with E-state index in [1.165, 1.54) is 12.5 Å². The number of likely N-dealkylation sites (N-methyl/N-ethyl adjacent to an activating group) is 1. The van der Waals surface area contributed by atoms with E-state index in [0.717, 1.165) is 36.0 Å². The minimum atomic E-state index is -4.47. The van der Waals surface area contributed by atoms with Crippen LogP contribution in [0.25, 0.3) is 10.9 Å². The highest BCUT2D eigenvalue weighted by atomic mass is 19.4. The van der Waals surface area contributed by atoms with Gasteiger partial charge in [0, 0.05) is 17.1 Å². The lowest BCUT2D eigenvalue weighted by molar-refractivity contribution is -0.137. The molecule has 6 nitrogen and oxygen atoms in total. The number of nitrogens with zero attached hydrogens (tertiary/aromatic N) is 3. The van der Waals surface area contributed by atoms with Crippen LogP contribution in [0.15, 0.2) is 36.4 Å². The molecule has 0 bridgehead atoms. The second kappa shape index (κ2) is 9.05. The van der Waals surface area contributed by atoms with Gasteiger partial charge in [0.1, 0.15) is 24.0 Å². The second-order valence-corrected chi connectivity index (χ2v) is 8.64. The molecule has 1 saturated heterocycles. The fourth-order valence-corrected chi connectivity index (χ4v) is 4.18. The van der Waals surface area contributed by atoms with Crippen molar-refractivity contribution in [2.75, 3.05) is 31.2 Å². The quantitative estimate of drug-likeness (QED) is 0.495. The number of nitrogens with two attached hydrogens (primary N) is 1. The zero-order valence-electron chi connectivity index (χ0n) is 18.9. The van der Waals surface area contributed by atoms with Gasteiger partial charge in [0.05, 0.1) is 17.1 Å². The number of likely N-dealkylation sites (tertiary alicyclic amines) is 1. The van der Waals surface area contributed by atoms with Gasteiger partial charge in [-0.15, -0.1) is 0 Å². The third-order valence-electron chi connectivity index (χ3n) is 6.05. The number of rotatable bonds is 6. The number of aromatic nitrogens is 2. The molecule has 0 radical (unpaired) electrons. The fourth-order valence-electron chi connectivity index (χ4n) is 4.18. The van der Waals surface area contributed by atoms with E-state index in [-0.39, 0.29) is 5.69 Å². The average molecular weight is 460 g/mol. The largest absolute Gasteiger partial charge is 0.492 e. The molecule has 0 saturated carbocycles. The van der Waals surface area contributed by atoms with Gasteiger partial charge in [-0.3, -0.25) is 0 Å². The Bertz CT molecular complexity index is 1150. The van der Waals surface area contributed by atoms with E-state index in [9.17, 15) is 13.2 Å². The summed E-state index contributed by atoms with van der Waals surface area (Å²) in [6, 6.07) is 9.13. The van der Waals surface area contributed by atoms with Crippen molar-refractivity contribution in [1.82, 2.24) is 14.9 Å². The molecule has 1 aliphatic heterocycles. The topological polar surface area (TPSA) is 76.3 Å². The third kappa shape index (κ3) is 5.30. The maximum absolute atomic E-state index is 13.2. The van der Waals surface area contributed by atoms with Gasteiger partial charge in [-0.05, 0) is 82.2 Å². The molecule has 4 rings (SSSR count). The fraction of sp³-hybridized carbons (Fsp3) is 0.417. The SMILES string of the molecule is Cc1nc(NC(C)c2cc(N)cc(C(F)(F)F)c2)c2cc(OC[C@@H]3CCCN3C)ccc2n1. The van der Waals surface area contributed by atoms with E-state index in [0.29, 0.717) is 35.6 Å². The van der Waals surface area contributed by atoms with Gasteiger partial charge in [0.2, 0.25) is 0 Å². The first-order chi connectivity index (χ1) is 15.6. The standard InChI is InChI=1S/C24H28F3N5O/c1-14(16-9-17(24(25,26)27)11-18(28)10-16)29-23-21-12-20(6-7-22(21)30-15(2)31-23)33-13-19-5-4-8-32(19)3/h6-7,9-12,14,19H,4-5,8,13,28H2,1-3H3,(H,29,30,31)/t14?,19-/m0/s1. The third-order valence-corrected chi connectivity index (χ3v) is 6.05. The molecule has 1 fully saturated rings. The summed E-state index contributed by atoms with van der Waals surface area (Å²) in [5.74, 6) is 1.79. The molecule has 0 spiro atoms. The van der Waals surface area contributed by atoms with Crippen molar-refractivity contribution in [1.29, 1.82) is 0 Å². The summed E-state index contributed by atoms with van der Waals surface area (Å²) in [5.41, 5.74) is 6.18. The molecular weight excluding hydrogens is 431 g/mol. The summed E-state index contributed by atoms with van der Waals surface area (Å²) in [6.07, 6.45) is -2.19. The highest BCUT2D eigenvalue weighted by Gasteiger charge is 2.31. The van der Waals surface area contributed by atoms with Crippen LogP contribution in [-0.4, -0.2) is 41.1 Å². The average Bonchev–Trinajstić information content (AvgIpc) is 3.16. The van der Waals surface area contributed by atoms with Gasteiger partial charge in [-0.2, -0.15) is 13.2 Å². The molecule has 176 valence electrons. The van der Waals surface area contributed by atoms with Crippen molar-refractivity contribution in [3.63, 3.8) is 0 Å². The Labute approximate surface area is 191 Å². The Balaban J connectivity index is 1.60. The lowest BCUT2D eigenvalue weighted by atomic mass is 10.0. The highest BCUT2D eigenvalue weighted by Crippen LogP contribution is 2.34. The van der Waals surface area contributed by atoms with E-state index in [2.05, 4.69) is 27.2 Å². The maximum Gasteiger partial charge on any atom is 0.416 e. The Hall–Kier alpha value is -3.07. The number of benzene rings is 2. The lowest BCUT2D eigenvalue weighted by Gasteiger charge is -2.20. The number of ether oxygens (including phenoxy) is 1. The first-order valence-electron chi connectivity index (χ1n) is 11.0. The van der Waals surface area contributed by atoms with Crippen molar-refractivity contribution in [2.45, 2.75) is 44.9 Å². The first-order valence-corrected chi connectivity index (χ1v) is 11.0. The minimum absolute atomic E-state index is 0.0600. The van der Waals surface area contributed by atoms with Crippen molar-refractivity contribution in [2.24, 2.45) is 0 Å². The molecule has 2 heterocycles. The summed E-state index contributed by atoms with van der Waals surface area (Å²) in [6.45, 7) is 5.22. The molecule has 33 heavy (non-hydrogen) atoms. The van der Waals surface area contributed by atoms with Crippen molar-refractivity contribution >= 4 is 22.4 Å². The molecule has 1 aliphatic rings. The number of nitrogens with one attached hydrogen (secondary N) is 1. The monoisotopic (exact) mass is 459 g/mol. The van der Waals surface area contributed by atoms with E-state index < -0.39 is 17.8 Å². The van der Waals surface area contributed by atoms with Crippen LogP contribution < -0.4 is 15.8 Å². The van der Waals surface area contributed by atoms with Gasteiger partial charge in [-0.1, -0.05) is 0 Å². The summed E-state index contributed by atoms with van der Waals surface area (Å²) in [7, 11) is 2.10. The number of anilines is 2. The number of nitrogen functional groups attached to an aromatic ring is 1. The Morgan fingerprint density at radius 3 is 2.70 bits per heavy atom. The summed E-state index contributed by atoms with van der Waals surface area (Å²) in [5, 5.41) is 3.98. The Kier molecular flexibility index (Phi) is 6.34. The minimum Gasteiger partial charge on any atom is -0.492 e. The van der Waals surface area contributed by atoms with Crippen molar-refractivity contribution < 1.29 is 17.9 Å². The number of fused-ring (bicyclic) bond motifs is 1. The second-order valence-electron chi connectivity index (χ2n) is 8.64. The van der Waals surface area contributed by atoms with Crippen molar-refractivity contribution in [3.8, 4) is 5.75 Å². The lowest BCUT2D eigenvalue weighted by Crippen LogP contribution is -2.30. The van der Waals surface area contributed by atoms with Crippen LogP contribution in [0.5, 0.6) is 5.75 Å².